The Morgan fingerprint density at radius 1 is 0.978 bits per heavy atom. The Balaban J connectivity index is 1.30. The summed E-state index contributed by atoms with van der Waals surface area (Å²) in [6.45, 7) is 16.3. The molecule has 2 aliphatic carbocycles. The molecule has 45 heavy (non-hydrogen) atoms. The summed E-state index contributed by atoms with van der Waals surface area (Å²) in [5, 5.41) is 0.189. The van der Waals surface area contributed by atoms with E-state index in [1.165, 1.54) is 11.1 Å². The van der Waals surface area contributed by atoms with E-state index >= 15 is 0 Å². The quantitative estimate of drug-likeness (QED) is 0.220. The summed E-state index contributed by atoms with van der Waals surface area (Å²) in [5.41, 5.74) is 4.52. The fraction of sp³-hybridized carbons (Fsp3) is 0.579. The maximum Gasteiger partial charge on any atom is 0.230 e. The highest BCUT2D eigenvalue weighted by molar-refractivity contribution is 6.74. The average Bonchev–Trinajstić information content (AvgIpc) is 3.46. The molecule has 244 valence electrons. The first-order valence-electron chi connectivity index (χ1n) is 17.0. The second-order valence-electron chi connectivity index (χ2n) is 15.0. The van der Waals surface area contributed by atoms with Gasteiger partial charge in [0.25, 0.3) is 0 Å². The zero-order valence-corrected chi connectivity index (χ0v) is 29.8. The van der Waals surface area contributed by atoms with Crippen LogP contribution in [0.2, 0.25) is 18.1 Å². The number of ether oxygens (including phenoxy) is 1. The fourth-order valence-electron chi connectivity index (χ4n) is 6.98. The van der Waals surface area contributed by atoms with Crippen molar-refractivity contribution in [3.63, 3.8) is 0 Å². The predicted octanol–water partition coefficient (Wildman–Crippen LogP) is 9.85. The van der Waals surface area contributed by atoms with Crippen molar-refractivity contribution in [3.05, 3.63) is 65.7 Å². The summed E-state index contributed by atoms with van der Waals surface area (Å²) < 4.78 is 18.1. The molecule has 7 heteroatoms. The molecule has 6 nitrogen and oxygen atoms in total. The zero-order chi connectivity index (χ0) is 32.4. The van der Waals surface area contributed by atoms with Gasteiger partial charge >= 0.3 is 0 Å². The van der Waals surface area contributed by atoms with Gasteiger partial charge in [-0.05, 0) is 118 Å². The first-order chi connectivity index (χ1) is 21.3. The maximum absolute atomic E-state index is 14.4. The molecule has 1 amide bonds. The van der Waals surface area contributed by atoms with Crippen LogP contribution in [0, 0.1) is 25.7 Å². The molecule has 0 spiro atoms. The lowest BCUT2D eigenvalue weighted by Crippen LogP contribution is -2.46. The highest BCUT2D eigenvalue weighted by Gasteiger charge is 2.41. The molecule has 2 saturated carbocycles. The van der Waals surface area contributed by atoms with Crippen molar-refractivity contribution in [2.45, 2.75) is 116 Å². The number of aryl methyl sites for hydroxylation is 2. The number of amides is 1. The maximum atomic E-state index is 14.4. The van der Waals surface area contributed by atoms with Crippen molar-refractivity contribution < 1.29 is 18.4 Å². The second-order valence-corrected chi connectivity index (χ2v) is 19.8. The Hall–Kier alpha value is -2.90. The number of anilines is 1. The number of benzene rings is 2. The van der Waals surface area contributed by atoms with Crippen LogP contribution in [0.1, 0.15) is 95.1 Å². The van der Waals surface area contributed by atoms with Gasteiger partial charge in [-0.2, -0.15) is 0 Å². The third-order valence-electron chi connectivity index (χ3n) is 10.8. The fourth-order valence-corrected chi connectivity index (χ4v) is 8.40. The van der Waals surface area contributed by atoms with Gasteiger partial charge in [0.1, 0.15) is 5.75 Å². The van der Waals surface area contributed by atoms with Crippen LogP contribution in [0.25, 0.3) is 11.3 Å². The lowest BCUT2D eigenvalue weighted by Gasteiger charge is -2.41. The van der Waals surface area contributed by atoms with Gasteiger partial charge in [-0.25, -0.2) is 4.98 Å². The molecule has 1 heterocycles. The van der Waals surface area contributed by atoms with Crippen LogP contribution in [0.15, 0.2) is 53.1 Å². The number of rotatable bonds is 9. The van der Waals surface area contributed by atoms with Crippen LogP contribution in [0.3, 0.4) is 0 Å². The molecular weight excluding hydrogens is 577 g/mol. The summed E-state index contributed by atoms with van der Waals surface area (Å²) in [5.74, 6) is 3.65. The van der Waals surface area contributed by atoms with Crippen LogP contribution in [-0.4, -0.2) is 39.0 Å². The Morgan fingerprint density at radius 3 is 2.29 bits per heavy atom. The standard InChI is InChI=1S/C38H54N2O4Si/c1-26-22-31(18-21-35(26)42-6)29-14-12-28(13-15-29)25-40(33-11-9-10-32(23-33)36-24-39-27(2)43-36)37(41)30-16-19-34(20-17-30)44-45(7,8)38(3,4)5/h9-11,18,21-24,28-30,34H,12-17,19-20,25H2,1-8H3. The molecule has 2 aliphatic rings. The average molecular weight is 631 g/mol. The summed E-state index contributed by atoms with van der Waals surface area (Å²) in [6, 6.07) is 14.9. The van der Waals surface area contributed by atoms with Crippen LogP contribution in [-0.2, 0) is 9.22 Å². The molecule has 5 rings (SSSR count). The lowest BCUT2D eigenvalue weighted by molar-refractivity contribution is -0.124. The van der Waals surface area contributed by atoms with Crippen molar-refractivity contribution in [3.8, 4) is 17.1 Å². The van der Waals surface area contributed by atoms with Crippen molar-refractivity contribution >= 4 is 19.9 Å². The first-order valence-corrected chi connectivity index (χ1v) is 19.9. The normalized spacial score (nSPS) is 22.7. The Morgan fingerprint density at radius 2 is 1.69 bits per heavy atom. The highest BCUT2D eigenvalue weighted by atomic mass is 28.4. The first kappa shape index (κ1) is 33.5. The lowest BCUT2D eigenvalue weighted by atomic mass is 9.78. The van der Waals surface area contributed by atoms with E-state index in [1.54, 1.807) is 13.3 Å². The van der Waals surface area contributed by atoms with Gasteiger partial charge in [-0.1, -0.05) is 45.0 Å². The molecule has 0 bridgehead atoms. The van der Waals surface area contributed by atoms with Gasteiger partial charge in [0.05, 0.1) is 13.3 Å². The van der Waals surface area contributed by atoms with E-state index in [2.05, 4.69) is 81.0 Å². The van der Waals surface area contributed by atoms with Gasteiger partial charge < -0.3 is 18.5 Å². The van der Waals surface area contributed by atoms with Crippen LogP contribution >= 0.6 is 0 Å². The molecule has 0 unspecified atom stereocenters. The molecule has 0 radical (unpaired) electrons. The molecular formula is C38H54N2O4Si. The van der Waals surface area contributed by atoms with E-state index in [0.717, 1.165) is 80.7 Å². The van der Waals surface area contributed by atoms with Gasteiger partial charge in [0.2, 0.25) is 5.91 Å². The van der Waals surface area contributed by atoms with Crippen LogP contribution < -0.4 is 9.64 Å². The molecule has 2 fully saturated rings. The largest absolute Gasteiger partial charge is 0.496 e. The van der Waals surface area contributed by atoms with Gasteiger partial charge in [0.15, 0.2) is 20.0 Å². The van der Waals surface area contributed by atoms with E-state index in [0.29, 0.717) is 17.7 Å². The molecule has 0 N–H and O–H groups in total. The van der Waals surface area contributed by atoms with Crippen molar-refractivity contribution in [2.75, 3.05) is 18.6 Å². The number of carbonyl (C=O) groups is 1. The molecule has 1 aromatic heterocycles. The van der Waals surface area contributed by atoms with Gasteiger partial charge in [-0.15, -0.1) is 0 Å². The molecule has 0 saturated heterocycles. The summed E-state index contributed by atoms with van der Waals surface area (Å²) >= 11 is 0. The monoisotopic (exact) mass is 630 g/mol. The third kappa shape index (κ3) is 7.91. The number of aromatic nitrogens is 1. The van der Waals surface area contributed by atoms with Crippen molar-refractivity contribution in [1.82, 2.24) is 4.98 Å². The van der Waals surface area contributed by atoms with E-state index in [9.17, 15) is 4.79 Å². The molecule has 0 aliphatic heterocycles. The third-order valence-corrected chi connectivity index (χ3v) is 15.3. The smallest absolute Gasteiger partial charge is 0.230 e. The van der Waals surface area contributed by atoms with E-state index in [4.69, 9.17) is 13.6 Å². The summed E-state index contributed by atoms with van der Waals surface area (Å²) in [7, 11) is -0.103. The SMILES string of the molecule is COc1ccc(C2CCC(CN(C(=O)C3CCC(O[Si](C)(C)C(C)(C)C)CC3)c3cccc(-c4cnc(C)o4)c3)CC2)cc1C. The van der Waals surface area contributed by atoms with Crippen LogP contribution in [0.4, 0.5) is 5.69 Å². The zero-order valence-electron chi connectivity index (χ0n) is 28.8. The summed E-state index contributed by atoms with van der Waals surface area (Å²) in [4.78, 5) is 20.8. The van der Waals surface area contributed by atoms with Crippen molar-refractivity contribution in [1.29, 1.82) is 0 Å². The number of carbonyl (C=O) groups excluding carboxylic acids is 1. The number of hydrogen-bond acceptors (Lipinski definition) is 5. The molecule has 0 atom stereocenters. The Kier molecular flexibility index (Phi) is 10.3. The summed E-state index contributed by atoms with van der Waals surface area (Å²) in [6.07, 6.45) is 10.3. The predicted molar refractivity (Wildman–Crippen MR) is 185 cm³/mol. The number of hydrogen-bond donors (Lipinski definition) is 0. The van der Waals surface area contributed by atoms with E-state index < -0.39 is 8.32 Å². The molecule has 3 aromatic rings. The van der Waals surface area contributed by atoms with Crippen molar-refractivity contribution in [2.24, 2.45) is 11.8 Å². The Bertz CT molecular complexity index is 1440. The van der Waals surface area contributed by atoms with Gasteiger partial charge in [-0.3, -0.25) is 4.79 Å². The van der Waals surface area contributed by atoms with E-state index in [-0.39, 0.29) is 23.0 Å². The topological polar surface area (TPSA) is 64.8 Å². The number of nitrogens with zero attached hydrogens (tertiary/aromatic N) is 2. The van der Waals surface area contributed by atoms with Crippen LogP contribution in [0.5, 0.6) is 5.75 Å². The highest BCUT2D eigenvalue weighted by Crippen LogP contribution is 2.41. The number of oxazole rings is 1. The minimum atomic E-state index is -1.84. The molecule has 2 aromatic carbocycles. The minimum absolute atomic E-state index is 0.0269. The van der Waals surface area contributed by atoms with Gasteiger partial charge in [0, 0.05) is 36.7 Å². The number of methoxy groups -OCH3 is 1. The van der Waals surface area contributed by atoms with E-state index in [1.807, 2.05) is 19.1 Å². The minimum Gasteiger partial charge on any atom is -0.496 e. The Labute approximate surface area is 272 Å². The second kappa shape index (κ2) is 13.8.